The first-order chi connectivity index (χ1) is 13.2. The van der Waals surface area contributed by atoms with E-state index in [2.05, 4.69) is 17.4 Å². The largest absolute Gasteiger partial charge is 0.324 e. The number of benzene rings is 2. The van der Waals surface area contributed by atoms with Gasteiger partial charge < -0.3 is 5.32 Å². The van der Waals surface area contributed by atoms with Crippen LogP contribution < -0.4 is 10.9 Å². The summed E-state index contributed by atoms with van der Waals surface area (Å²) in [5.41, 5.74) is 6.85. The molecule has 4 nitrogen and oxygen atoms in total. The van der Waals surface area contributed by atoms with E-state index in [9.17, 15) is 9.59 Å². The summed E-state index contributed by atoms with van der Waals surface area (Å²) in [7, 11) is 0. The van der Waals surface area contributed by atoms with E-state index in [4.69, 9.17) is 0 Å². The molecule has 0 saturated carbocycles. The highest BCUT2D eigenvalue weighted by Gasteiger charge is 2.23. The molecule has 0 saturated heterocycles. The summed E-state index contributed by atoms with van der Waals surface area (Å²) in [6, 6.07) is 11.1. The van der Waals surface area contributed by atoms with Crippen LogP contribution in [0.4, 0.5) is 5.69 Å². The number of aryl methyl sites for hydroxylation is 5. The summed E-state index contributed by atoms with van der Waals surface area (Å²) in [5.74, 6) is -0.169. The molecule has 0 aliphatic rings. The van der Waals surface area contributed by atoms with Crippen LogP contribution in [0.15, 0.2) is 41.2 Å². The number of fused-ring (bicyclic) bond motifs is 1. The van der Waals surface area contributed by atoms with E-state index in [1.54, 1.807) is 10.6 Å². The number of carbonyl (C=O) groups excluding carboxylic acids is 1. The Labute approximate surface area is 166 Å². The van der Waals surface area contributed by atoms with Crippen LogP contribution >= 0.6 is 0 Å². The normalized spacial score (nSPS) is 12.2. The molecule has 0 bridgehead atoms. The SMILES string of the molecule is CCC(C(=O)Nc1ccc(C)c(C)c1)n1c(=O)cc(C)c2cc(C)cc(C)c21. The van der Waals surface area contributed by atoms with Gasteiger partial charge in [-0.3, -0.25) is 14.2 Å². The summed E-state index contributed by atoms with van der Waals surface area (Å²) >= 11 is 0. The maximum absolute atomic E-state index is 13.1. The van der Waals surface area contributed by atoms with E-state index in [0.717, 1.165) is 38.8 Å². The van der Waals surface area contributed by atoms with Gasteiger partial charge in [0.25, 0.3) is 5.56 Å². The van der Waals surface area contributed by atoms with Crippen molar-refractivity contribution in [2.24, 2.45) is 0 Å². The first kappa shape index (κ1) is 19.9. The van der Waals surface area contributed by atoms with Crippen molar-refractivity contribution in [3.63, 3.8) is 0 Å². The molecule has 0 spiro atoms. The van der Waals surface area contributed by atoms with Crippen molar-refractivity contribution in [1.82, 2.24) is 4.57 Å². The van der Waals surface area contributed by atoms with Gasteiger partial charge in [0.15, 0.2) is 0 Å². The van der Waals surface area contributed by atoms with E-state index >= 15 is 0 Å². The lowest BCUT2D eigenvalue weighted by molar-refractivity contribution is -0.119. The highest BCUT2D eigenvalue weighted by Crippen LogP contribution is 2.26. The molecule has 0 radical (unpaired) electrons. The molecule has 2 aromatic carbocycles. The number of nitrogens with zero attached hydrogens (tertiary/aromatic N) is 1. The zero-order chi connectivity index (χ0) is 20.6. The summed E-state index contributed by atoms with van der Waals surface area (Å²) in [6.45, 7) is 12.0. The first-order valence-electron chi connectivity index (χ1n) is 9.74. The van der Waals surface area contributed by atoms with Crippen LogP contribution in [0.1, 0.15) is 47.2 Å². The Hall–Kier alpha value is -2.88. The predicted octanol–water partition coefficient (Wildman–Crippen LogP) is 5.13. The highest BCUT2D eigenvalue weighted by molar-refractivity contribution is 5.95. The molecule has 0 aliphatic heterocycles. The predicted molar refractivity (Wildman–Crippen MR) is 116 cm³/mol. The molecule has 1 aromatic heterocycles. The van der Waals surface area contributed by atoms with Gasteiger partial charge in [0.05, 0.1) is 5.52 Å². The van der Waals surface area contributed by atoms with Crippen molar-refractivity contribution in [2.45, 2.75) is 54.0 Å². The second-order valence-electron chi connectivity index (χ2n) is 7.73. The van der Waals surface area contributed by atoms with Gasteiger partial charge in [0.2, 0.25) is 5.91 Å². The van der Waals surface area contributed by atoms with Crippen molar-refractivity contribution in [3.05, 3.63) is 74.6 Å². The topological polar surface area (TPSA) is 51.1 Å². The van der Waals surface area contributed by atoms with Gasteiger partial charge in [-0.1, -0.05) is 24.6 Å². The third-order valence-corrected chi connectivity index (χ3v) is 5.46. The molecule has 0 fully saturated rings. The second kappa shape index (κ2) is 7.63. The smallest absolute Gasteiger partial charge is 0.252 e. The summed E-state index contributed by atoms with van der Waals surface area (Å²) in [6.07, 6.45) is 0.530. The molecule has 1 atom stereocenters. The minimum atomic E-state index is -0.571. The zero-order valence-electron chi connectivity index (χ0n) is 17.5. The van der Waals surface area contributed by atoms with Gasteiger partial charge in [0, 0.05) is 17.1 Å². The van der Waals surface area contributed by atoms with E-state index in [-0.39, 0.29) is 11.5 Å². The Kier molecular flexibility index (Phi) is 5.41. The quantitative estimate of drug-likeness (QED) is 0.686. The van der Waals surface area contributed by atoms with Crippen molar-refractivity contribution in [1.29, 1.82) is 0 Å². The molecule has 1 heterocycles. The number of rotatable bonds is 4. The van der Waals surface area contributed by atoms with E-state index < -0.39 is 6.04 Å². The van der Waals surface area contributed by atoms with Gasteiger partial charge in [-0.15, -0.1) is 0 Å². The molecule has 1 N–H and O–H groups in total. The Morgan fingerprint density at radius 2 is 1.64 bits per heavy atom. The number of hydrogen-bond acceptors (Lipinski definition) is 2. The summed E-state index contributed by atoms with van der Waals surface area (Å²) < 4.78 is 1.66. The van der Waals surface area contributed by atoms with Crippen molar-refractivity contribution in [3.8, 4) is 0 Å². The maximum atomic E-state index is 13.1. The molecule has 4 heteroatoms. The average Bonchev–Trinajstić information content (AvgIpc) is 2.61. The van der Waals surface area contributed by atoms with Crippen LogP contribution in [0.5, 0.6) is 0 Å². The molecule has 1 amide bonds. The summed E-state index contributed by atoms with van der Waals surface area (Å²) in [5, 5.41) is 4.02. The number of anilines is 1. The standard InChI is InChI=1S/C24H28N2O2/c1-7-21(24(28)25-19-9-8-15(3)16(4)12-19)26-22(27)13-17(5)20-11-14(2)10-18(6)23(20)26/h8-13,21H,7H2,1-6H3,(H,25,28). The lowest BCUT2D eigenvalue weighted by Gasteiger charge is -2.22. The molecule has 28 heavy (non-hydrogen) atoms. The molecular weight excluding hydrogens is 348 g/mol. The number of nitrogens with one attached hydrogen (secondary N) is 1. The number of pyridine rings is 1. The van der Waals surface area contributed by atoms with Crippen LogP contribution in [0.25, 0.3) is 10.9 Å². The number of carbonyl (C=O) groups is 1. The molecule has 3 rings (SSSR count). The Balaban J connectivity index is 2.12. The van der Waals surface area contributed by atoms with Gasteiger partial charge in [-0.25, -0.2) is 0 Å². The molecule has 1 unspecified atom stereocenters. The fourth-order valence-corrected chi connectivity index (χ4v) is 3.86. The molecule has 3 aromatic rings. The monoisotopic (exact) mass is 376 g/mol. The Morgan fingerprint density at radius 1 is 0.929 bits per heavy atom. The van der Waals surface area contributed by atoms with Crippen molar-refractivity contribution in [2.75, 3.05) is 5.32 Å². The average molecular weight is 377 g/mol. The maximum Gasteiger partial charge on any atom is 0.252 e. The Bertz CT molecular complexity index is 1130. The van der Waals surface area contributed by atoms with Gasteiger partial charge >= 0.3 is 0 Å². The van der Waals surface area contributed by atoms with Crippen LogP contribution in [-0.2, 0) is 4.79 Å². The van der Waals surface area contributed by atoms with Crippen LogP contribution in [0.3, 0.4) is 0 Å². The lowest BCUT2D eigenvalue weighted by atomic mass is 10.0. The van der Waals surface area contributed by atoms with Gasteiger partial charge in [-0.2, -0.15) is 0 Å². The minimum Gasteiger partial charge on any atom is -0.324 e. The summed E-state index contributed by atoms with van der Waals surface area (Å²) in [4.78, 5) is 26.1. The van der Waals surface area contributed by atoms with E-state index in [1.807, 2.05) is 59.7 Å². The number of amides is 1. The third kappa shape index (κ3) is 3.59. The van der Waals surface area contributed by atoms with Gasteiger partial charge in [-0.05, 0) is 81.5 Å². The van der Waals surface area contributed by atoms with Crippen LogP contribution in [-0.4, -0.2) is 10.5 Å². The fourth-order valence-electron chi connectivity index (χ4n) is 3.86. The molecular formula is C24H28N2O2. The van der Waals surface area contributed by atoms with Gasteiger partial charge in [0.1, 0.15) is 6.04 Å². The molecule has 146 valence electrons. The van der Waals surface area contributed by atoms with E-state index in [1.165, 1.54) is 5.56 Å². The minimum absolute atomic E-state index is 0.140. The first-order valence-corrected chi connectivity index (χ1v) is 9.74. The highest BCUT2D eigenvalue weighted by atomic mass is 16.2. The Morgan fingerprint density at radius 3 is 2.29 bits per heavy atom. The fraction of sp³-hybridized carbons (Fsp3) is 0.333. The van der Waals surface area contributed by atoms with E-state index in [0.29, 0.717) is 6.42 Å². The van der Waals surface area contributed by atoms with Crippen molar-refractivity contribution < 1.29 is 4.79 Å². The molecule has 0 aliphatic carbocycles. The lowest BCUT2D eigenvalue weighted by Crippen LogP contribution is -2.33. The van der Waals surface area contributed by atoms with Crippen molar-refractivity contribution >= 4 is 22.5 Å². The number of hydrogen-bond donors (Lipinski definition) is 1. The third-order valence-electron chi connectivity index (χ3n) is 5.46. The zero-order valence-corrected chi connectivity index (χ0v) is 17.5. The number of aromatic nitrogens is 1. The van der Waals surface area contributed by atoms with Crippen LogP contribution in [0.2, 0.25) is 0 Å². The van der Waals surface area contributed by atoms with Crippen LogP contribution in [0, 0.1) is 34.6 Å². The second-order valence-corrected chi connectivity index (χ2v) is 7.73.